The van der Waals surface area contributed by atoms with Gasteiger partial charge in [-0.05, 0) is 37.5 Å². The Morgan fingerprint density at radius 3 is 2.32 bits per heavy atom. The van der Waals surface area contributed by atoms with E-state index in [1.54, 1.807) is 4.90 Å². The predicted octanol–water partition coefficient (Wildman–Crippen LogP) is 0.702. The fourth-order valence-electron chi connectivity index (χ4n) is 4.12. The van der Waals surface area contributed by atoms with Gasteiger partial charge in [0.15, 0.2) is 0 Å². The van der Waals surface area contributed by atoms with Gasteiger partial charge in [-0.25, -0.2) is 13.6 Å². The van der Waals surface area contributed by atoms with Gasteiger partial charge in [0, 0.05) is 18.5 Å². The molecule has 19 heavy (non-hydrogen) atoms. The van der Waals surface area contributed by atoms with Gasteiger partial charge in [-0.1, -0.05) is 12.8 Å². The van der Waals surface area contributed by atoms with Gasteiger partial charge in [-0.15, -0.1) is 0 Å². The summed E-state index contributed by atoms with van der Waals surface area (Å²) >= 11 is 0. The molecule has 1 amide bonds. The first kappa shape index (κ1) is 13.4. The van der Waals surface area contributed by atoms with Crippen molar-refractivity contribution in [3.05, 3.63) is 0 Å². The van der Waals surface area contributed by atoms with Crippen molar-refractivity contribution in [2.45, 2.75) is 44.6 Å². The highest BCUT2D eigenvalue weighted by molar-refractivity contribution is 7.89. The molecular weight excluding hydrogens is 264 g/mol. The van der Waals surface area contributed by atoms with Crippen molar-refractivity contribution < 1.29 is 13.2 Å². The molecule has 5 nitrogen and oxygen atoms in total. The molecule has 0 aromatic carbocycles. The number of likely N-dealkylation sites (tertiary alicyclic amines) is 1. The van der Waals surface area contributed by atoms with Crippen molar-refractivity contribution in [1.29, 1.82) is 0 Å². The predicted molar refractivity (Wildman–Crippen MR) is 71.6 cm³/mol. The van der Waals surface area contributed by atoms with Crippen molar-refractivity contribution >= 4 is 15.9 Å². The van der Waals surface area contributed by atoms with Gasteiger partial charge in [-0.3, -0.25) is 4.79 Å². The van der Waals surface area contributed by atoms with E-state index in [2.05, 4.69) is 0 Å². The lowest BCUT2D eigenvalue weighted by atomic mass is 10.0. The third-order valence-electron chi connectivity index (χ3n) is 5.03. The number of fused-ring (bicyclic) bond motifs is 1. The van der Waals surface area contributed by atoms with Crippen LogP contribution in [0, 0.1) is 17.8 Å². The topological polar surface area (TPSA) is 80.5 Å². The molecule has 0 radical (unpaired) electrons. The summed E-state index contributed by atoms with van der Waals surface area (Å²) in [6, 6.07) is -0.190. The number of amides is 1. The van der Waals surface area contributed by atoms with Crippen LogP contribution in [0.15, 0.2) is 0 Å². The molecule has 3 unspecified atom stereocenters. The number of carbonyl (C=O) groups excluding carboxylic acids is 1. The Labute approximate surface area is 114 Å². The van der Waals surface area contributed by atoms with Crippen LogP contribution in [0.4, 0.5) is 0 Å². The number of primary sulfonamides is 1. The van der Waals surface area contributed by atoms with Crippen LogP contribution < -0.4 is 5.14 Å². The van der Waals surface area contributed by atoms with Crippen LogP contribution in [-0.2, 0) is 14.8 Å². The monoisotopic (exact) mass is 286 g/mol. The maximum atomic E-state index is 12.6. The number of nitrogens with two attached hydrogens (primary N) is 1. The van der Waals surface area contributed by atoms with E-state index < -0.39 is 10.0 Å². The van der Waals surface area contributed by atoms with E-state index >= 15 is 0 Å². The molecule has 3 aliphatic rings. The summed E-state index contributed by atoms with van der Waals surface area (Å²) < 4.78 is 22.5. The molecule has 1 saturated heterocycles. The first-order valence-electron chi connectivity index (χ1n) is 7.28. The second-order valence-electron chi connectivity index (χ2n) is 6.30. The molecule has 3 rings (SSSR count). The number of sulfonamides is 1. The van der Waals surface area contributed by atoms with Crippen molar-refractivity contribution in [2.24, 2.45) is 22.9 Å². The second kappa shape index (κ2) is 4.74. The minimum Gasteiger partial charge on any atom is -0.338 e. The Balaban J connectivity index is 1.66. The summed E-state index contributed by atoms with van der Waals surface area (Å²) in [6.45, 7) is 0.703. The smallest absolute Gasteiger partial charge is 0.226 e. The first-order chi connectivity index (χ1) is 8.97. The average Bonchev–Trinajstić information content (AvgIpc) is 2.89. The maximum absolute atomic E-state index is 12.6. The summed E-state index contributed by atoms with van der Waals surface area (Å²) in [4.78, 5) is 14.4. The Morgan fingerprint density at radius 2 is 1.74 bits per heavy atom. The number of rotatable bonds is 3. The largest absolute Gasteiger partial charge is 0.338 e. The zero-order valence-electron chi connectivity index (χ0n) is 11.1. The van der Waals surface area contributed by atoms with Gasteiger partial charge in [-0.2, -0.15) is 0 Å². The molecule has 2 N–H and O–H groups in total. The Bertz CT molecular complexity index is 464. The van der Waals surface area contributed by atoms with E-state index in [4.69, 9.17) is 5.14 Å². The van der Waals surface area contributed by atoms with Crippen molar-refractivity contribution in [2.75, 3.05) is 12.3 Å². The third-order valence-corrected chi connectivity index (χ3v) is 5.88. The highest BCUT2D eigenvalue weighted by atomic mass is 32.2. The van der Waals surface area contributed by atoms with Crippen LogP contribution in [0.2, 0.25) is 0 Å². The van der Waals surface area contributed by atoms with Crippen LogP contribution in [-0.4, -0.2) is 37.6 Å². The van der Waals surface area contributed by atoms with Crippen molar-refractivity contribution in [1.82, 2.24) is 4.90 Å². The summed E-state index contributed by atoms with van der Waals surface area (Å²) in [7, 11) is -3.50. The van der Waals surface area contributed by atoms with Gasteiger partial charge in [0.2, 0.25) is 15.9 Å². The van der Waals surface area contributed by atoms with Gasteiger partial charge < -0.3 is 4.90 Å². The van der Waals surface area contributed by atoms with E-state index in [1.807, 2.05) is 0 Å². The van der Waals surface area contributed by atoms with E-state index in [0.29, 0.717) is 18.4 Å². The number of hydrogen-bond donors (Lipinski definition) is 1. The molecule has 1 heterocycles. The fourth-order valence-corrected chi connectivity index (χ4v) is 5.00. The minimum absolute atomic E-state index is 0.0825. The number of carbonyl (C=O) groups is 1. The quantitative estimate of drug-likeness (QED) is 0.829. The molecule has 0 aromatic rings. The fraction of sp³-hybridized carbons (Fsp3) is 0.923. The SMILES string of the molecule is NS(=O)(=O)CC1CCCN1C(=O)C1C2CCCCC21. The van der Waals surface area contributed by atoms with E-state index in [-0.39, 0.29) is 23.6 Å². The molecule has 2 saturated carbocycles. The Kier molecular flexibility index (Phi) is 3.33. The summed E-state index contributed by atoms with van der Waals surface area (Å²) in [5, 5.41) is 5.12. The lowest BCUT2D eigenvalue weighted by Crippen LogP contribution is -2.42. The average molecular weight is 286 g/mol. The van der Waals surface area contributed by atoms with Crippen LogP contribution in [0.25, 0.3) is 0 Å². The Morgan fingerprint density at radius 1 is 1.11 bits per heavy atom. The lowest BCUT2D eigenvalue weighted by molar-refractivity contribution is -0.133. The minimum atomic E-state index is -3.50. The standard InChI is InChI=1S/C13H22N2O3S/c14-19(17,18)8-9-4-3-7-15(9)13(16)12-10-5-1-2-6-11(10)12/h9-12H,1-8H2,(H2,14,17,18). The van der Waals surface area contributed by atoms with Gasteiger partial charge in [0.05, 0.1) is 5.75 Å². The molecular formula is C13H22N2O3S. The van der Waals surface area contributed by atoms with Crippen molar-refractivity contribution in [3.8, 4) is 0 Å². The zero-order chi connectivity index (χ0) is 13.6. The molecule has 3 fully saturated rings. The highest BCUT2D eigenvalue weighted by Gasteiger charge is 2.56. The molecule has 0 bridgehead atoms. The molecule has 0 spiro atoms. The molecule has 108 valence electrons. The maximum Gasteiger partial charge on any atom is 0.226 e. The summed E-state index contributed by atoms with van der Waals surface area (Å²) in [5.41, 5.74) is 0. The van der Waals surface area contributed by atoms with Crippen LogP contribution >= 0.6 is 0 Å². The molecule has 6 heteroatoms. The summed E-state index contributed by atoms with van der Waals surface area (Å²) in [5.74, 6) is 1.46. The van der Waals surface area contributed by atoms with Crippen molar-refractivity contribution in [3.63, 3.8) is 0 Å². The van der Waals surface area contributed by atoms with E-state index in [9.17, 15) is 13.2 Å². The third kappa shape index (κ3) is 2.65. The molecule has 2 aliphatic carbocycles. The number of nitrogens with zero attached hydrogens (tertiary/aromatic N) is 1. The Hall–Kier alpha value is -0.620. The van der Waals surface area contributed by atoms with Gasteiger partial charge in [0.25, 0.3) is 0 Å². The van der Waals surface area contributed by atoms with Gasteiger partial charge in [0.1, 0.15) is 0 Å². The van der Waals surface area contributed by atoms with Crippen LogP contribution in [0.5, 0.6) is 0 Å². The highest BCUT2D eigenvalue weighted by Crippen LogP contribution is 2.56. The van der Waals surface area contributed by atoms with Crippen LogP contribution in [0.1, 0.15) is 38.5 Å². The van der Waals surface area contributed by atoms with Gasteiger partial charge >= 0.3 is 0 Å². The zero-order valence-corrected chi connectivity index (χ0v) is 11.9. The normalized spacial score (nSPS) is 38.1. The molecule has 0 aromatic heterocycles. The van der Waals surface area contributed by atoms with Crippen LogP contribution in [0.3, 0.4) is 0 Å². The van der Waals surface area contributed by atoms with E-state index in [0.717, 1.165) is 12.8 Å². The first-order valence-corrected chi connectivity index (χ1v) is 9.00. The van der Waals surface area contributed by atoms with E-state index in [1.165, 1.54) is 25.7 Å². The lowest BCUT2D eigenvalue weighted by Gasteiger charge is -2.24. The second-order valence-corrected chi connectivity index (χ2v) is 7.95. The molecule has 1 aliphatic heterocycles. The number of hydrogen-bond acceptors (Lipinski definition) is 3. The molecule has 3 atom stereocenters. The summed E-state index contributed by atoms with van der Waals surface area (Å²) in [6.07, 6.45) is 6.50.